The summed E-state index contributed by atoms with van der Waals surface area (Å²) in [6.07, 6.45) is 1.80. The van der Waals surface area contributed by atoms with Crippen LogP contribution in [0.2, 0.25) is 0 Å². The molecule has 2 aromatic carbocycles. The van der Waals surface area contributed by atoms with Crippen LogP contribution >= 0.6 is 0 Å². The van der Waals surface area contributed by atoms with Gasteiger partial charge in [-0.05, 0) is 61.2 Å². The molecule has 1 heterocycles. The van der Waals surface area contributed by atoms with E-state index in [4.69, 9.17) is 4.74 Å². The van der Waals surface area contributed by atoms with E-state index in [1.807, 2.05) is 30.3 Å². The molecule has 3 rings (SSSR count). The summed E-state index contributed by atoms with van der Waals surface area (Å²) in [5, 5.41) is 3.17. The Hall–Kier alpha value is -2.33. The Morgan fingerprint density at radius 1 is 1.15 bits per heavy atom. The maximum Gasteiger partial charge on any atom is 0.227 e. The highest BCUT2D eigenvalue weighted by atomic mass is 16.5. The Morgan fingerprint density at radius 3 is 2.59 bits per heavy atom. The number of nitrogens with zero attached hydrogens (tertiary/aromatic N) is 1. The molecule has 0 bridgehead atoms. The smallest absolute Gasteiger partial charge is 0.227 e. The van der Waals surface area contributed by atoms with Crippen molar-refractivity contribution in [2.45, 2.75) is 39.2 Å². The summed E-state index contributed by atoms with van der Waals surface area (Å²) in [5.41, 5.74) is 3.40. The van der Waals surface area contributed by atoms with Crippen molar-refractivity contribution in [2.24, 2.45) is 5.92 Å². The summed E-state index contributed by atoms with van der Waals surface area (Å²) < 4.78 is 5.30. The largest absolute Gasteiger partial charge is 0.497 e. The topological polar surface area (TPSA) is 41.6 Å². The highest BCUT2D eigenvalue weighted by Crippen LogP contribution is 2.26. The van der Waals surface area contributed by atoms with Gasteiger partial charge in [-0.2, -0.15) is 0 Å². The van der Waals surface area contributed by atoms with E-state index in [9.17, 15) is 4.79 Å². The maximum atomic E-state index is 12.7. The number of anilines is 1. The van der Waals surface area contributed by atoms with Crippen LogP contribution in [0.1, 0.15) is 43.7 Å². The van der Waals surface area contributed by atoms with Crippen molar-refractivity contribution in [3.05, 3.63) is 59.7 Å². The van der Waals surface area contributed by atoms with Gasteiger partial charge < -0.3 is 10.1 Å². The lowest BCUT2D eigenvalue weighted by molar-refractivity contribution is -0.121. The Kier molecular flexibility index (Phi) is 6.51. The van der Waals surface area contributed by atoms with Gasteiger partial charge >= 0.3 is 0 Å². The van der Waals surface area contributed by atoms with Crippen LogP contribution in [-0.2, 0) is 11.3 Å². The average Bonchev–Trinajstić information content (AvgIpc) is 2.69. The van der Waals surface area contributed by atoms with E-state index in [-0.39, 0.29) is 11.8 Å². The van der Waals surface area contributed by atoms with Gasteiger partial charge in [-0.1, -0.05) is 44.2 Å². The molecule has 0 aliphatic carbocycles. The van der Waals surface area contributed by atoms with E-state index in [1.165, 1.54) is 11.1 Å². The van der Waals surface area contributed by atoms with E-state index in [0.717, 1.165) is 43.9 Å². The minimum Gasteiger partial charge on any atom is -0.497 e. The monoisotopic (exact) mass is 366 g/mol. The summed E-state index contributed by atoms with van der Waals surface area (Å²) in [5.74, 6) is 1.53. The molecule has 4 heteroatoms. The summed E-state index contributed by atoms with van der Waals surface area (Å²) in [7, 11) is 1.70. The van der Waals surface area contributed by atoms with Gasteiger partial charge in [-0.15, -0.1) is 0 Å². The zero-order chi connectivity index (χ0) is 19.2. The van der Waals surface area contributed by atoms with Crippen LogP contribution in [0.4, 0.5) is 5.69 Å². The fourth-order valence-corrected chi connectivity index (χ4v) is 3.73. The predicted octanol–water partition coefficient (Wildman–Crippen LogP) is 4.67. The number of hydrogen-bond donors (Lipinski definition) is 1. The molecule has 0 saturated carbocycles. The fraction of sp³-hybridized carbons (Fsp3) is 0.435. The second-order valence-corrected chi connectivity index (χ2v) is 7.63. The Morgan fingerprint density at radius 2 is 1.89 bits per heavy atom. The summed E-state index contributed by atoms with van der Waals surface area (Å²) in [6.45, 7) is 7.11. The molecule has 0 radical (unpaired) electrons. The number of methoxy groups -OCH3 is 1. The number of rotatable bonds is 6. The number of carbonyl (C=O) groups is 1. The average molecular weight is 367 g/mol. The Bertz CT molecular complexity index is 764. The Balaban J connectivity index is 1.53. The van der Waals surface area contributed by atoms with E-state index < -0.39 is 0 Å². The molecule has 1 saturated heterocycles. The van der Waals surface area contributed by atoms with Crippen molar-refractivity contribution in [1.29, 1.82) is 0 Å². The first-order chi connectivity index (χ1) is 13.1. The molecule has 0 aromatic heterocycles. The van der Waals surface area contributed by atoms with Gasteiger partial charge in [0.25, 0.3) is 0 Å². The van der Waals surface area contributed by atoms with Gasteiger partial charge in [-0.3, -0.25) is 9.69 Å². The van der Waals surface area contributed by atoms with Crippen molar-refractivity contribution in [3.8, 4) is 5.75 Å². The number of para-hydroxylation sites is 1. The Labute approximate surface area is 162 Å². The molecule has 27 heavy (non-hydrogen) atoms. The molecule has 0 unspecified atom stereocenters. The van der Waals surface area contributed by atoms with Crippen LogP contribution in [0.25, 0.3) is 0 Å². The third-order valence-electron chi connectivity index (χ3n) is 5.34. The number of benzene rings is 2. The molecule has 1 aliphatic rings. The zero-order valence-corrected chi connectivity index (χ0v) is 16.6. The first-order valence-electron chi connectivity index (χ1n) is 9.82. The van der Waals surface area contributed by atoms with Crippen molar-refractivity contribution in [2.75, 3.05) is 25.5 Å². The number of piperidine rings is 1. The van der Waals surface area contributed by atoms with Gasteiger partial charge in [0.1, 0.15) is 5.75 Å². The molecule has 4 nitrogen and oxygen atoms in total. The van der Waals surface area contributed by atoms with Gasteiger partial charge in [0.15, 0.2) is 0 Å². The van der Waals surface area contributed by atoms with Crippen LogP contribution in [0.15, 0.2) is 48.5 Å². The van der Waals surface area contributed by atoms with E-state index >= 15 is 0 Å². The second kappa shape index (κ2) is 9.05. The highest BCUT2D eigenvalue weighted by molar-refractivity contribution is 5.93. The standard InChI is InChI=1S/C23H30N2O2/c1-17(2)21-9-4-5-10-22(21)24-23(26)19-11-13-25(14-12-19)16-18-7-6-8-20(15-18)27-3/h4-10,15,17,19H,11-14,16H2,1-3H3,(H,24,26). The molecule has 1 amide bonds. The van der Waals surface area contributed by atoms with E-state index in [0.29, 0.717) is 5.92 Å². The lowest BCUT2D eigenvalue weighted by atomic mass is 9.94. The van der Waals surface area contributed by atoms with Gasteiger partial charge in [0, 0.05) is 18.2 Å². The number of hydrogen-bond acceptors (Lipinski definition) is 3. The second-order valence-electron chi connectivity index (χ2n) is 7.63. The predicted molar refractivity (Wildman–Crippen MR) is 110 cm³/mol. The lowest BCUT2D eigenvalue weighted by Crippen LogP contribution is -2.37. The third kappa shape index (κ3) is 5.10. The van der Waals surface area contributed by atoms with E-state index in [1.54, 1.807) is 7.11 Å². The number of nitrogens with one attached hydrogen (secondary N) is 1. The highest BCUT2D eigenvalue weighted by Gasteiger charge is 2.25. The minimum atomic E-state index is 0.0896. The van der Waals surface area contributed by atoms with Crippen LogP contribution in [0, 0.1) is 5.92 Å². The van der Waals surface area contributed by atoms with Crippen molar-refractivity contribution >= 4 is 11.6 Å². The molecular formula is C23H30N2O2. The summed E-state index contributed by atoms with van der Waals surface area (Å²) in [6, 6.07) is 16.3. The van der Waals surface area contributed by atoms with Crippen LogP contribution < -0.4 is 10.1 Å². The molecule has 2 aromatic rings. The van der Waals surface area contributed by atoms with Gasteiger partial charge in [0.2, 0.25) is 5.91 Å². The van der Waals surface area contributed by atoms with Crippen molar-refractivity contribution < 1.29 is 9.53 Å². The molecule has 0 spiro atoms. The molecule has 144 valence electrons. The minimum absolute atomic E-state index is 0.0896. The first kappa shape index (κ1) is 19.4. The maximum absolute atomic E-state index is 12.7. The van der Waals surface area contributed by atoms with Crippen LogP contribution in [0.3, 0.4) is 0 Å². The van der Waals surface area contributed by atoms with E-state index in [2.05, 4.69) is 42.3 Å². The normalized spacial score (nSPS) is 15.7. The zero-order valence-electron chi connectivity index (χ0n) is 16.6. The SMILES string of the molecule is COc1cccc(CN2CCC(C(=O)Nc3ccccc3C(C)C)CC2)c1. The van der Waals surface area contributed by atoms with Gasteiger partial charge in [-0.25, -0.2) is 0 Å². The first-order valence-corrected chi connectivity index (χ1v) is 9.82. The van der Waals surface area contributed by atoms with Gasteiger partial charge in [0.05, 0.1) is 7.11 Å². The van der Waals surface area contributed by atoms with Crippen molar-refractivity contribution in [3.63, 3.8) is 0 Å². The molecule has 1 aliphatic heterocycles. The summed E-state index contributed by atoms with van der Waals surface area (Å²) in [4.78, 5) is 15.2. The molecular weight excluding hydrogens is 336 g/mol. The third-order valence-corrected chi connectivity index (χ3v) is 5.34. The number of amides is 1. The number of ether oxygens (including phenoxy) is 1. The summed E-state index contributed by atoms with van der Waals surface area (Å²) >= 11 is 0. The lowest BCUT2D eigenvalue weighted by Gasteiger charge is -2.31. The van der Waals surface area contributed by atoms with Crippen molar-refractivity contribution in [1.82, 2.24) is 4.90 Å². The molecule has 0 atom stereocenters. The molecule has 1 N–H and O–H groups in total. The quantitative estimate of drug-likeness (QED) is 0.808. The fourth-order valence-electron chi connectivity index (χ4n) is 3.73. The molecule has 1 fully saturated rings. The number of carbonyl (C=O) groups excluding carboxylic acids is 1. The van der Waals surface area contributed by atoms with Crippen LogP contribution in [-0.4, -0.2) is 31.0 Å². The van der Waals surface area contributed by atoms with Crippen LogP contribution in [0.5, 0.6) is 5.75 Å². The number of likely N-dealkylation sites (tertiary alicyclic amines) is 1.